The summed E-state index contributed by atoms with van der Waals surface area (Å²) in [5.41, 5.74) is 2.06. The molecule has 0 fully saturated rings. The van der Waals surface area contributed by atoms with E-state index in [0.29, 0.717) is 33.0 Å². The number of para-hydroxylation sites is 1. The van der Waals surface area contributed by atoms with Crippen molar-refractivity contribution in [2.45, 2.75) is 0 Å². The molecule has 3 aromatic carbocycles. The van der Waals surface area contributed by atoms with Crippen LogP contribution in [-0.4, -0.2) is 12.5 Å². The quantitative estimate of drug-likeness (QED) is 0.499. The summed E-state index contributed by atoms with van der Waals surface area (Å²) in [6.45, 7) is -0.205. The van der Waals surface area contributed by atoms with Gasteiger partial charge in [0.25, 0.3) is 5.91 Å². The van der Waals surface area contributed by atoms with Crippen LogP contribution in [0.25, 0.3) is 22.1 Å². The second kappa shape index (κ2) is 8.20. The largest absolute Gasteiger partial charge is 0.484 e. The minimum Gasteiger partial charge on any atom is -0.484 e. The Hall–Kier alpha value is -3.57. The fourth-order valence-electron chi connectivity index (χ4n) is 2.91. The number of benzene rings is 3. The maximum absolute atomic E-state index is 12.8. The van der Waals surface area contributed by atoms with Gasteiger partial charge in [-0.2, -0.15) is 0 Å². The number of hydrogen-bond acceptors (Lipinski definition) is 4. The second-order valence-corrected chi connectivity index (χ2v) is 6.73. The van der Waals surface area contributed by atoms with Crippen molar-refractivity contribution >= 4 is 34.2 Å². The van der Waals surface area contributed by atoms with Gasteiger partial charge in [0, 0.05) is 6.07 Å². The fraction of sp³-hybridized carbons (Fsp3) is 0.0435. The summed E-state index contributed by atoms with van der Waals surface area (Å²) in [5.74, 6) is 0.0708. The molecule has 4 rings (SSSR count). The van der Waals surface area contributed by atoms with Crippen LogP contribution in [0.15, 0.2) is 88.3 Å². The molecule has 144 valence electrons. The van der Waals surface area contributed by atoms with Crippen molar-refractivity contribution in [2.24, 2.45) is 0 Å². The van der Waals surface area contributed by atoms with Gasteiger partial charge < -0.3 is 14.5 Å². The van der Waals surface area contributed by atoms with Crippen LogP contribution in [0.2, 0.25) is 5.02 Å². The molecule has 4 aromatic rings. The van der Waals surface area contributed by atoms with Gasteiger partial charge in [0.05, 0.1) is 21.7 Å². The van der Waals surface area contributed by atoms with Crippen LogP contribution < -0.4 is 15.5 Å². The molecule has 0 saturated heterocycles. The standard InChI is InChI=1S/C23H16ClNO4/c24-19-8-4-5-9-20(19)25-22(26)14-28-16-10-11-17-21(12-16)29-13-18(23(17)27)15-6-2-1-3-7-15/h1-13H,14H2,(H,25,26). The van der Waals surface area contributed by atoms with Crippen molar-refractivity contribution in [3.8, 4) is 16.9 Å². The van der Waals surface area contributed by atoms with E-state index >= 15 is 0 Å². The maximum Gasteiger partial charge on any atom is 0.262 e. The number of hydrogen-bond donors (Lipinski definition) is 1. The van der Waals surface area contributed by atoms with E-state index in [0.717, 1.165) is 5.56 Å². The van der Waals surface area contributed by atoms with Crippen LogP contribution in [0.5, 0.6) is 5.75 Å². The Bertz CT molecular complexity index is 1230. The van der Waals surface area contributed by atoms with Crippen molar-refractivity contribution in [2.75, 3.05) is 11.9 Å². The molecule has 0 aliphatic carbocycles. The Morgan fingerprint density at radius 2 is 1.76 bits per heavy atom. The summed E-state index contributed by atoms with van der Waals surface area (Å²) in [5, 5.41) is 3.57. The van der Waals surface area contributed by atoms with Crippen LogP contribution in [0.4, 0.5) is 5.69 Å². The zero-order valence-corrected chi connectivity index (χ0v) is 16.0. The van der Waals surface area contributed by atoms with Gasteiger partial charge in [0.1, 0.15) is 17.6 Å². The van der Waals surface area contributed by atoms with Crippen LogP contribution >= 0.6 is 11.6 Å². The van der Waals surface area contributed by atoms with Gasteiger partial charge in [-0.1, -0.05) is 54.1 Å². The number of carbonyl (C=O) groups is 1. The molecule has 6 heteroatoms. The fourth-order valence-corrected chi connectivity index (χ4v) is 3.10. The number of halogens is 1. The highest BCUT2D eigenvalue weighted by molar-refractivity contribution is 6.33. The van der Waals surface area contributed by atoms with Crippen molar-refractivity contribution in [1.29, 1.82) is 0 Å². The topological polar surface area (TPSA) is 68.5 Å². The first-order valence-corrected chi connectivity index (χ1v) is 9.28. The van der Waals surface area contributed by atoms with E-state index in [4.69, 9.17) is 20.8 Å². The molecule has 29 heavy (non-hydrogen) atoms. The number of carbonyl (C=O) groups excluding carboxylic acids is 1. The Labute approximate surface area is 171 Å². The number of rotatable bonds is 5. The van der Waals surface area contributed by atoms with E-state index < -0.39 is 0 Å². The first-order valence-electron chi connectivity index (χ1n) is 8.90. The molecule has 0 atom stereocenters. The number of amides is 1. The highest BCUT2D eigenvalue weighted by Crippen LogP contribution is 2.23. The Balaban J connectivity index is 1.50. The molecule has 0 radical (unpaired) electrons. The zero-order chi connectivity index (χ0) is 20.2. The van der Waals surface area contributed by atoms with Crippen LogP contribution in [0.3, 0.4) is 0 Å². The summed E-state index contributed by atoms with van der Waals surface area (Å²) in [7, 11) is 0. The summed E-state index contributed by atoms with van der Waals surface area (Å²) in [4.78, 5) is 24.9. The molecule has 1 amide bonds. The van der Waals surface area contributed by atoms with Gasteiger partial charge in [-0.3, -0.25) is 9.59 Å². The molecule has 1 heterocycles. The van der Waals surface area contributed by atoms with Gasteiger partial charge in [0.2, 0.25) is 0 Å². The molecule has 1 aromatic heterocycles. The van der Waals surface area contributed by atoms with Crippen molar-refractivity contribution in [3.63, 3.8) is 0 Å². The second-order valence-electron chi connectivity index (χ2n) is 6.32. The van der Waals surface area contributed by atoms with Gasteiger partial charge in [-0.25, -0.2) is 0 Å². The number of anilines is 1. The summed E-state index contributed by atoms with van der Waals surface area (Å²) in [6.07, 6.45) is 1.44. The lowest BCUT2D eigenvalue weighted by Crippen LogP contribution is -2.20. The SMILES string of the molecule is O=C(COc1ccc2c(=O)c(-c3ccccc3)coc2c1)Nc1ccccc1Cl. The first-order chi connectivity index (χ1) is 14.1. The summed E-state index contributed by atoms with van der Waals surface area (Å²) < 4.78 is 11.2. The normalized spacial score (nSPS) is 10.7. The summed E-state index contributed by atoms with van der Waals surface area (Å²) >= 11 is 6.03. The van der Waals surface area contributed by atoms with Crippen molar-refractivity contribution in [1.82, 2.24) is 0 Å². The lowest BCUT2D eigenvalue weighted by Gasteiger charge is -2.09. The molecule has 0 bridgehead atoms. The minimum atomic E-state index is -0.348. The van der Waals surface area contributed by atoms with E-state index in [-0.39, 0.29) is 17.9 Å². The molecule has 0 spiro atoms. The maximum atomic E-state index is 12.8. The molecule has 0 aliphatic heterocycles. The van der Waals surface area contributed by atoms with Crippen molar-refractivity contribution in [3.05, 3.63) is 94.3 Å². The third-order valence-corrected chi connectivity index (χ3v) is 4.68. The molecular weight excluding hydrogens is 390 g/mol. The smallest absolute Gasteiger partial charge is 0.262 e. The molecule has 0 saturated carbocycles. The number of ether oxygens (including phenoxy) is 1. The van der Waals surface area contributed by atoms with E-state index in [1.807, 2.05) is 30.3 Å². The third-order valence-electron chi connectivity index (χ3n) is 4.35. The molecule has 5 nitrogen and oxygen atoms in total. The van der Waals surface area contributed by atoms with Crippen molar-refractivity contribution < 1.29 is 13.9 Å². The van der Waals surface area contributed by atoms with Crippen LogP contribution in [0, 0.1) is 0 Å². The molecule has 0 unspecified atom stereocenters. The molecule has 1 N–H and O–H groups in total. The predicted octanol–water partition coefficient (Wildman–Crippen LogP) is 5.13. The van der Waals surface area contributed by atoms with E-state index in [1.165, 1.54) is 6.26 Å². The number of fused-ring (bicyclic) bond motifs is 1. The van der Waals surface area contributed by atoms with Crippen LogP contribution in [0.1, 0.15) is 0 Å². The van der Waals surface area contributed by atoms with Gasteiger partial charge in [-0.05, 0) is 29.8 Å². The molecular formula is C23H16ClNO4. The average Bonchev–Trinajstić information content (AvgIpc) is 2.75. The Morgan fingerprint density at radius 1 is 1.00 bits per heavy atom. The minimum absolute atomic E-state index is 0.125. The predicted molar refractivity (Wildman–Crippen MR) is 113 cm³/mol. The molecule has 0 aliphatic rings. The highest BCUT2D eigenvalue weighted by atomic mass is 35.5. The third kappa shape index (κ3) is 4.15. The van der Waals surface area contributed by atoms with Gasteiger partial charge in [0.15, 0.2) is 12.0 Å². The zero-order valence-electron chi connectivity index (χ0n) is 15.2. The first kappa shape index (κ1) is 18.8. The van der Waals surface area contributed by atoms with Gasteiger partial charge >= 0.3 is 0 Å². The van der Waals surface area contributed by atoms with E-state index in [2.05, 4.69) is 5.32 Å². The van der Waals surface area contributed by atoms with Gasteiger partial charge in [-0.15, -0.1) is 0 Å². The van der Waals surface area contributed by atoms with E-state index in [9.17, 15) is 9.59 Å². The number of nitrogens with one attached hydrogen (secondary N) is 1. The average molecular weight is 406 g/mol. The monoisotopic (exact) mass is 405 g/mol. The van der Waals surface area contributed by atoms with E-state index in [1.54, 1.807) is 42.5 Å². The van der Waals surface area contributed by atoms with Crippen LogP contribution in [-0.2, 0) is 4.79 Å². The lowest BCUT2D eigenvalue weighted by atomic mass is 10.1. The summed E-state index contributed by atoms with van der Waals surface area (Å²) in [6, 6.07) is 21.1. The Morgan fingerprint density at radius 3 is 2.55 bits per heavy atom. The lowest BCUT2D eigenvalue weighted by molar-refractivity contribution is -0.118. The highest BCUT2D eigenvalue weighted by Gasteiger charge is 2.11. The Kier molecular flexibility index (Phi) is 5.31.